The van der Waals surface area contributed by atoms with Crippen LogP contribution in [0.5, 0.6) is 0 Å². The van der Waals surface area contributed by atoms with E-state index in [1.807, 2.05) is 19.9 Å². The third-order valence-electron chi connectivity index (χ3n) is 3.23. The van der Waals surface area contributed by atoms with Crippen LogP contribution in [0.15, 0.2) is 12.1 Å². The highest BCUT2D eigenvalue weighted by Crippen LogP contribution is 2.28. The van der Waals surface area contributed by atoms with Crippen molar-refractivity contribution in [2.45, 2.75) is 33.7 Å². The van der Waals surface area contributed by atoms with Crippen molar-refractivity contribution in [3.8, 4) is 0 Å². The molecule has 19 heavy (non-hydrogen) atoms. The zero-order chi connectivity index (χ0) is 14.4. The van der Waals surface area contributed by atoms with Crippen LogP contribution >= 0.6 is 0 Å². The second-order valence-corrected chi connectivity index (χ2v) is 4.73. The van der Waals surface area contributed by atoms with Gasteiger partial charge in [-0.25, -0.2) is 4.39 Å². The molecule has 1 aromatic carbocycles. The summed E-state index contributed by atoms with van der Waals surface area (Å²) >= 11 is 0. The van der Waals surface area contributed by atoms with E-state index < -0.39 is 0 Å². The van der Waals surface area contributed by atoms with E-state index in [2.05, 4.69) is 11.8 Å². The van der Waals surface area contributed by atoms with Crippen LogP contribution < -0.4 is 10.6 Å². The van der Waals surface area contributed by atoms with Crippen molar-refractivity contribution in [3.63, 3.8) is 0 Å². The number of rotatable bonds is 7. The molecule has 0 bridgehead atoms. The van der Waals surface area contributed by atoms with E-state index in [0.29, 0.717) is 18.8 Å². The van der Waals surface area contributed by atoms with Crippen molar-refractivity contribution in [1.29, 1.82) is 0 Å². The van der Waals surface area contributed by atoms with E-state index in [1.165, 1.54) is 0 Å². The summed E-state index contributed by atoms with van der Waals surface area (Å²) in [5.74, 6) is -0.197. The summed E-state index contributed by atoms with van der Waals surface area (Å²) in [7, 11) is 0. The van der Waals surface area contributed by atoms with E-state index in [0.717, 1.165) is 24.3 Å². The molecule has 0 saturated carbocycles. The Morgan fingerprint density at radius 3 is 2.58 bits per heavy atom. The lowest BCUT2D eigenvalue weighted by Gasteiger charge is -2.27. The van der Waals surface area contributed by atoms with E-state index in [-0.39, 0.29) is 11.9 Å². The number of benzene rings is 1. The van der Waals surface area contributed by atoms with Gasteiger partial charge in [-0.15, -0.1) is 0 Å². The molecule has 1 unspecified atom stereocenters. The van der Waals surface area contributed by atoms with Crippen molar-refractivity contribution < 1.29 is 9.13 Å². The lowest BCUT2D eigenvalue weighted by molar-refractivity contribution is 0.154. The SMILES string of the molecule is CCOCCN(CC)c1cc(C)c(F)cc1C(C)N. The van der Waals surface area contributed by atoms with E-state index >= 15 is 0 Å². The minimum atomic E-state index is -0.197. The van der Waals surface area contributed by atoms with Crippen molar-refractivity contribution in [2.24, 2.45) is 5.73 Å². The standard InChI is InChI=1S/C15H25FN2O/c1-5-18(7-8-19-6-2)15-9-11(3)14(16)10-13(15)12(4)17/h9-10,12H,5-8,17H2,1-4H3. The Balaban J connectivity index is 3.03. The Morgan fingerprint density at radius 2 is 2.05 bits per heavy atom. The molecule has 0 aliphatic rings. The van der Waals surface area contributed by atoms with Gasteiger partial charge >= 0.3 is 0 Å². The molecule has 0 radical (unpaired) electrons. The number of ether oxygens (including phenoxy) is 1. The smallest absolute Gasteiger partial charge is 0.126 e. The Morgan fingerprint density at radius 1 is 1.37 bits per heavy atom. The fraction of sp³-hybridized carbons (Fsp3) is 0.600. The van der Waals surface area contributed by atoms with Gasteiger partial charge in [-0.3, -0.25) is 0 Å². The number of aryl methyl sites for hydroxylation is 1. The molecule has 0 fully saturated rings. The zero-order valence-electron chi connectivity index (χ0n) is 12.4. The minimum Gasteiger partial charge on any atom is -0.380 e. The maximum atomic E-state index is 13.7. The van der Waals surface area contributed by atoms with Gasteiger partial charge < -0.3 is 15.4 Å². The first-order chi connectivity index (χ1) is 9.01. The number of hydrogen-bond donors (Lipinski definition) is 1. The molecule has 0 heterocycles. The van der Waals surface area contributed by atoms with Gasteiger partial charge in [0.05, 0.1) is 6.61 Å². The molecule has 0 aromatic heterocycles. The Hall–Kier alpha value is -1.13. The van der Waals surface area contributed by atoms with Crippen molar-refractivity contribution >= 4 is 5.69 Å². The summed E-state index contributed by atoms with van der Waals surface area (Å²) in [6.45, 7) is 10.7. The summed E-state index contributed by atoms with van der Waals surface area (Å²) < 4.78 is 19.1. The maximum absolute atomic E-state index is 13.7. The summed E-state index contributed by atoms with van der Waals surface area (Å²) in [6.07, 6.45) is 0. The van der Waals surface area contributed by atoms with E-state index in [9.17, 15) is 4.39 Å². The quantitative estimate of drug-likeness (QED) is 0.773. The van der Waals surface area contributed by atoms with Crippen LogP contribution in [-0.2, 0) is 4.74 Å². The van der Waals surface area contributed by atoms with E-state index in [1.54, 1.807) is 13.0 Å². The number of nitrogens with zero attached hydrogens (tertiary/aromatic N) is 1. The number of nitrogens with two attached hydrogens (primary N) is 1. The Kier molecular flexibility index (Phi) is 6.25. The number of likely N-dealkylation sites (N-methyl/N-ethyl adjacent to an activating group) is 1. The van der Waals surface area contributed by atoms with E-state index in [4.69, 9.17) is 10.5 Å². The molecule has 0 aliphatic carbocycles. The average molecular weight is 268 g/mol. The van der Waals surface area contributed by atoms with Gasteiger partial charge in [0, 0.05) is 31.4 Å². The lowest BCUT2D eigenvalue weighted by atomic mass is 10.0. The second kappa shape index (κ2) is 7.46. The summed E-state index contributed by atoms with van der Waals surface area (Å²) in [5, 5.41) is 0. The second-order valence-electron chi connectivity index (χ2n) is 4.73. The third-order valence-corrected chi connectivity index (χ3v) is 3.23. The maximum Gasteiger partial charge on any atom is 0.126 e. The van der Waals surface area contributed by atoms with Gasteiger partial charge in [-0.2, -0.15) is 0 Å². The minimum absolute atomic E-state index is 0.189. The molecule has 4 heteroatoms. The van der Waals surface area contributed by atoms with Crippen molar-refractivity contribution in [2.75, 3.05) is 31.2 Å². The molecule has 1 rings (SSSR count). The molecule has 0 spiro atoms. The predicted octanol–water partition coefficient (Wildman–Crippen LogP) is 3.02. The molecule has 3 nitrogen and oxygen atoms in total. The van der Waals surface area contributed by atoms with Crippen LogP contribution in [0.3, 0.4) is 0 Å². The zero-order valence-corrected chi connectivity index (χ0v) is 12.4. The highest BCUT2D eigenvalue weighted by molar-refractivity contribution is 5.57. The summed E-state index contributed by atoms with van der Waals surface area (Å²) in [6, 6.07) is 3.24. The fourth-order valence-corrected chi connectivity index (χ4v) is 2.09. The fourth-order valence-electron chi connectivity index (χ4n) is 2.09. The van der Waals surface area contributed by atoms with Gasteiger partial charge in [0.25, 0.3) is 0 Å². The van der Waals surface area contributed by atoms with Gasteiger partial charge in [-0.1, -0.05) is 0 Å². The number of hydrogen-bond acceptors (Lipinski definition) is 3. The predicted molar refractivity (Wildman–Crippen MR) is 78.1 cm³/mol. The van der Waals surface area contributed by atoms with Crippen LogP contribution in [0.4, 0.5) is 10.1 Å². The van der Waals surface area contributed by atoms with Gasteiger partial charge in [-0.05, 0) is 51.0 Å². The number of anilines is 1. The molecular weight excluding hydrogens is 243 g/mol. The lowest BCUT2D eigenvalue weighted by Crippen LogP contribution is -2.29. The molecule has 2 N–H and O–H groups in total. The molecule has 108 valence electrons. The van der Waals surface area contributed by atoms with Crippen LogP contribution in [0, 0.1) is 12.7 Å². The molecule has 1 aromatic rings. The molecular formula is C15H25FN2O. The molecule has 0 saturated heterocycles. The van der Waals surface area contributed by atoms with Gasteiger partial charge in [0.2, 0.25) is 0 Å². The molecule has 1 atom stereocenters. The molecule has 0 amide bonds. The largest absolute Gasteiger partial charge is 0.380 e. The highest BCUT2D eigenvalue weighted by atomic mass is 19.1. The molecule has 0 aliphatic heterocycles. The highest BCUT2D eigenvalue weighted by Gasteiger charge is 2.15. The topological polar surface area (TPSA) is 38.5 Å². The van der Waals surface area contributed by atoms with Crippen LogP contribution in [0.2, 0.25) is 0 Å². The first kappa shape index (κ1) is 15.9. The summed E-state index contributed by atoms with van der Waals surface area (Å²) in [5.41, 5.74) is 8.46. The number of halogens is 1. The monoisotopic (exact) mass is 268 g/mol. The Labute approximate surface area is 115 Å². The van der Waals surface area contributed by atoms with Crippen molar-refractivity contribution in [1.82, 2.24) is 0 Å². The van der Waals surface area contributed by atoms with Gasteiger partial charge in [0.15, 0.2) is 0 Å². The Bertz CT molecular complexity index is 407. The van der Waals surface area contributed by atoms with Crippen LogP contribution in [0.1, 0.15) is 37.9 Å². The average Bonchev–Trinajstić information content (AvgIpc) is 2.37. The first-order valence-corrected chi connectivity index (χ1v) is 6.89. The first-order valence-electron chi connectivity index (χ1n) is 6.89. The van der Waals surface area contributed by atoms with Gasteiger partial charge in [0.1, 0.15) is 5.82 Å². The third kappa shape index (κ3) is 4.18. The normalized spacial score (nSPS) is 12.5. The van der Waals surface area contributed by atoms with Crippen molar-refractivity contribution in [3.05, 3.63) is 29.1 Å². The summed E-state index contributed by atoms with van der Waals surface area (Å²) in [4.78, 5) is 2.18. The van der Waals surface area contributed by atoms with Crippen LogP contribution in [0.25, 0.3) is 0 Å². The van der Waals surface area contributed by atoms with Crippen LogP contribution in [-0.4, -0.2) is 26.3 Å².